The molecule has 0 bridgehead atoms. The summed E-state index contributed by atoms with van der Waals surface area (Å²) >= 11 is 3.72. The number of rotatable bonds is 6. The van der Waals surface area contributed by atoms with Crippen LogP contribution in [0.2, 0.25) is 0 Å². The van der Waals surface area contributed by atoms with E-state index in [-0.39, 0.29) is 0 Å². The summed E-state index contributed by atoms with van der Waals surface area (Å²) in [6.45, 7) is 0. The molecule has 2 heterocycles. The molecule has 55 heavy (non-hydrogen) atoms. The van der Waals surface area contributed by atoms with Gasteiger partial charge in [-0.05, 0) is 111 Å². The second kappa shape index (κ2) is 13.1. The Balaban J connectivity index is 1.09. The molecule has 0 fully saturated rings. The number of hydrogen-bond acceptors (Lipinski definition) is 3. The van der Waals surface area contributed by atoms with Gasteiger partial charge >= 0.3 is 0 Å². The Morgan fingerprint density at radius 1 is 0.291 bits per heavy atom. The van der Waals surface area contributed by atoms with Crippen LogP contribution in [0, 0.1) is 0 Å². The minimum Gasteiger partial charge on any atom is -0.310 e. The largest absolute Gasteiger partial charge is 0.310 e. The standard InChI is InChI=1S/C52H33NS2/c1-2-12-35-29-40(24-23-34(35)11-1)43-17-3-6-20-48(43)53(41-15-9-13-36(30-41)38-25-27-51-46(32-38)44-18-4-7-21-49(44)54-51)42-16-10-14-37(31-42)39-26-28-52-47(33-39)45-19-5-8-22-50(45)55-52/h1-33H. The molecule has 11 aromatic rings. The van der Waals surface area contributed by atoms with Gasteiger partial charge in [0.1, 0.15) is 0 Å². The molecule has 0 N–H and O–H groups in total. The van der Waals surface area contributed by atoms with Crippen molar-refractivity contribution in [2.45, 2.75) is 0 Å². The average molecular weight is 736 g/mol. The molecule has 1 nitrogen and oxygen atoms in total. The van der Waals surface area contributed by atoms with Gasteiger partial charge in [0.05, 0.1) is 5.69 Å². The molecule has 0 saturated heterocycles. The molecule has 0 unspecified atom stereocenters. The zero-order valence-electron chi connectivity index (χ0n) is 29.8. The van der Waals surface area contributed by atoms with Crippen LogP contribution in [0.25, 0.3) is 84.5 Å². The van der Waals surface area contributed by atoms with Crippen LogP contribution in [0.4, 0.5) is 17.1 Å². The summed E-state index contributed by atoms with van der Waals surface area (Å²) in [4.78, 5) is 2.44. The Hall–Kier alpha value is -6.52. The van der Waals surface area contributed by atoms with E-state index in [1.165, 1.54) is 84.5 Å². The first-order valence-electron chi connectivity index (χ1n) is 18.7. The van der Waals surface area contributed by atoms with Gasteiger partial charge in [0, 0.05) is 57.3 Å². The second-order valence-electron chi connectivity index (χ2n) is 14.1. The molecule has 0 radical (unpaired) electrons. The summed E-state index contributed by atoms with van der Waals surface area (Å²) in [5.74, 6) is 0. The van der Waals surface area contributed by atoms with E-state index in [9.17, 15) is 0 Å². The number of para-hydroxylation sites is 1. The fourth-order valence-electron chi connectivity index (χ4n) is 8.16. The Morgan fingerprint density at radius 3 is 1.42 bits per heavy atom. The zero-order chi connectivity index (χ0) is 36.3. The fraction of sp³-hybridized carbons (Fsp3) is 0. The Bertz CT molecular complexity index is 3080. The summed E-state index contributed by atoms with van der Waals surface area (Å²) in [5.41, 5.74) is 10.5. The highest BCUT2D eigenvalue weighted by atomic mass is 32.1. The molecular weight excluding hydrogens is 703 g/mol. The van der Waals surface area contributed by atoms with E-state index < -0.39 is 0 Å². The van der Waals surface area contributed by atoms with Crippen LogP contribution in [0.3, 0.4) is 0 Å². The molecule has 0 spiro atoms. The third kappa shape index (κ3) is 5.60. The number of hydrogen-bond donors (Lipinski definition) is 0. The molecule has 258 valence electrons. The quantitative estimate of drug-likeness (QED) is 0.164. The number of nitrogens with zero attached hydrogens (tertiary/aromatic N) is 1. The van der Waals surface area contributed by atoms with Crippen LogP contribution in [0.5, 0.6) is 0 Å². The molecule has 0 aliphatic heterocycles. The lowest BCUT2D eigenvalue weighted by atomic mass is 9.97. The molecule has 0 aliphatic rings. The molecule has 3 heteroatoms. The maximum absolute atomic E-state index is 2.44. The topological polar surface area (TPSA) is 3.24 Å². The Kier molecular flexibility index (Phi) is 7.61. The fourth-order valence-corrected chi connectivity index (χ4v) is 10.3. The van der Waals surface area contributed by atoms with Gasteiger partial charge in [-0.25, -0.2) is 0 Å². The molecule has 0 atom stereocenters. The first-order valence-corrected chi connectivity index (χ1v) is 20.3. The van der Waals surface area contributed by atoms with Gasteiger partial charge in [-0.15, -0.1) is 22.7 Å². The van der Waals surface area contributed by atoms with Crippen molar-refractivity contribution < 1.29 is 0 Å². The molecular formula is C52H33NS2. The van der Waals surface area contributed by atoms with Crippen LogP contribution >= 0.6 is 22.7 Å². The first kappa shape index (κ1) is 32.0. The number of benzene rings is 9. The highest BCUT2D eigenvalue weighted by molar-refractivity contribution is 7.26. The third-order valence-electron chi connectivity index (χ3n) is 10.8. The lowest BCUT2D eigenvalue weighted by Gasteiger charge is -2.29. The maximum atomic E-state index is 2.44. The van der Waals surface area contributed by atoms with Crippen molar-refractivity contribution in [2.75, 3.05) is 4.90 Å². The first-order chi connectivity index (χ1) is 27.2. The highest BCUT2D eigenvalue weighted by Crippen LogP contribution is 2.44. The van der Waals surface area contributed by atoms with E-state index in [1.54, 1.807) is 0 Å². The van der Waals surface area contributed by atoms with Crippen LogP contribution in [0.15, 0.2) is 200 Å². The second-order valence-corrected chi connectivity index (χ2v) is 16.3. The van der Waals surface area contributed by atoms with E-state index >= 15 is 0 Å². The van der Waals surface area contributed by atoms with E-state index in [1.807, 2.05) is 22.7 Å². The van der Waals surface area contributed by atoms with Crippen LogP contribution in [-0.2, 0) is 0 Å². The van der Waals surface area contributed by atoms with Crippen LogP contribution in [-0.4, -0.2) is 0 Å². The summed E-state index contributed by atoms with van der Waals surface area (Å²) < 4.78 is 5.28. The van der Waals surface area contributed by atoms with Crippen molar-refractivity contribution in [1.29, 1.82) is 0 Å². The van der Waals surface area contributed by atoms with Gasteiger partial charge in [-0.1, -0.05) is 127 Å². The van der Waals surface area contributed by atoms with Gasteiger partial charge < -0.3 is 4.90 Å². The Morgan fingerprint density at radius 2 is 0.782 bits per heavy atom. The Labute approximate surface area is 327 Å². The van der Waals surface area contributed by atoms with E-state index in [0.29, 0.717) is 0 Å². The minimum absolute atomic E-state index is 1.11. The van der Waals surface area contributed by atoms with Gasteiger partial charge in [-0.2, -0.15) is 0 Å². The lowest BCUT2D eigenvalue weighted by Crippen LogP contribution is -2.11. The summed E-state index contributed by atoms with van der Waals surface area (Å²) in [7, 11) is 0. The van der Waals surface area contributed by atoms with Crippen LogP contribution in [0.1, 0.15) is 0 Å². The van der Waals surface area contributed by atoms with Gasteiger partial charge in [0.2, 0.25) is 0 Å². The molecule has 11 rings (SSSR count). The predicted octanol–water partition coefficient (Wildman–Crippen LogP) is 16.0. The number of thiophene rings is 2. The third-order valence-corrected chi connectivity index (χ3v) is 13.1. The number of anilines is 3. The van der Waals surface area contributed by atoms with Gasteiger partial charge in [-0.3, -0.25) is 0 Å². The summed E-state index contributed by atoms with van der Waals surface area (Å²) in [5, 5.41) is 7.73. The molecule has 0 amide bonds. The lowest BCUT2D eigenvalue weighted by molar-refractivity contribution is 1.28. The summed E-state index contributed by atoms with van der Waals surface area (Å²) in [6, 6.07) is 73.6. The zero-order valence-corrected chi connectivity index (χ0v) is 31.4. The van der Waals surface area contributed by atoms with Gasteiger partial charge in [0.15, 0.2) is 0 Å². The van der Waals surface area contributed by atoms with Crippen LogP contribution < -0.4 is 4.90 Å². The molecule has 9 aromatic carbocycles. The summed E-state index contributed by atoms with van der Waals surface area (Å²) in [6.07, 6.45) is 0. The van der Waals surface area contributed by atoms with Crippen molar-refractivity contribution in [1.82, 2.24) is 0 Å². The minimum atomic E-state index is 1.11. The van der Waals surface area contributed by atoms with E-state index in [4.69, 9.17) is 0 Å². The smallest absolute Gasteiger partial charge is 0.0540 e. The normalized spacial score (nSPS) is 11.6. The van der Waals surface area contributed by atoms with Crippen molar-refractivity contribution in [3.05, 3.63) is 200 Å². The highest BCUT2D eigenvalue weighted by Gasteiger charge is 2.19. The van der Waals surface area contributed by atoms with Gasteiger partial charge in [0.25, 0.3) is 0 Å². The predicted molar refractivity (Wildman–Crippen MR) is 241 cm³/mol. The number of fused-ring (bicyclic) bond motifs is 7. The van der Waals surface area contributed by atoms with Crippen molar-refractivity contribution >= 4 is 90.9 Å². The molecule has 0 saturated carbocycles. The maximum Gasteiger partial charge on any atom is 0.0540 e. The molecule has 2 aromatic heterocycles. The SMILES string of the molecule is c1cc(-c2ccc3sc4ccccc4c3c2)cc(N(c2cccc(-c3ccc4sc5ccccc5c4c3)c2)c2ccccc2-c2ccc3ccccc3c2)c1. The van der Waals surface area contributed by atoms with E-state index in [2.05, 4.69) is 205 Å². The average Bonchev–Trinajstić information content (AvgIpc) is 3.82. The van der Waals surface area contributed by atoms with Crippen molar-refractivity contribution in [3.8, 4) is 33.4 Å². The van der Waals surface area contributed by atoms with E-state index in [0.717, 1.165) is 17.1 Å². The molecule has 0 aliphatic carbocycles. The van der Waals surface area contributed by atoms with Crippen molar-refractivity contribution in [2.24, 2.45) is 0 Å². The van der Waals surface area contributed by atoms with Crippen molar-refractivity contribution in [3.63, 3.8) is 0 Å². The monoisotopic (exact) mass is 735 g/mol.